The van der Waals surface area contributed by atoms with Crippen molar-refractivity contribution in [3.63, 3.8) is 0 Å². The second kappa shape index (κ2) is 8.11. The zero-order valence-electron chi connectivity index (χ0n) is 13.4. The van der Waals surface area contributed by atoms with Gasteiger partial charge in [-0.25, -0.2) is 0 Å². The summed E-state index contributed by atoms with van der Waals surface area (Å²) in [6.45, 7) is 2.19. The smallest absolute Gasteiger partial charge is 0.303 e. The van der Waals surface area contributed by atoms with Crippen LogP contribution in [0.25, 0.3) is 0 Å². The summed E-state index contributed by atoms with van der Waals surface area (Å²) in [5.41, 5.74) is 1.71. The van der Waals surface area contributed by atoms with Gasteiger partial charge in [0.1, 0.15) is 11.1 Å². The van der Waals surface area contributed by atoms with Gasteiger partial charge >= 0.3 is 5.97 Å². The Balaban J connectivity index is 2.04. The van der Waals surface area contributed by atoms with Gasteiger partial charge in [-0.1, -0.05) is 19.8 Å². The highest BCUT2D eigenvalue weighted by Crippen LogP contribution is 2.40. The maximum Gasteiger partial charge on any atom is 0.303 e. The minimum absolute atomic E-state index is 0.0157. The van der Waals surface area contributed by atoms with E-state index in [9.17, 15) is 14.9 Å². The largest absolute Gasteiger partial charge is 0.481 e. The van der Waals surface area contributed by atoms with E-state index in [1.54, 1.807) is 0 Å². The number of carbonyl (C=O) groups excluding carboxylic acids is 1. The third-order valence-electron chi connectivity index (χ3n) is 4.22. The lowest BCUT2D eigenvalue weighted by Crippen LogP contribution is -2.13. The molecule has 1 aromatic heterocycles. The number of anilines is 1. The molecule has 0 fully saturated rings. The molecule has 1 heterocycles. The fraction of sp³-hybridized carbons (Fsp3) is 0.588. The summed E-state index contributed by atoms with van der Waals surface area (Å²) in [5.74, 6) is -0.438. The molecular weight excluding hydrogens is 312 g/mol. The van der Waals surface area contributed by atoms with Crippen LogP contribution in [0.3, 0.4) is 0 Å². The molecule has 0 aliphatic heterocycles. The van der Waals surface area contributed by atoms with Gasteiger partial charge in [-0.15, -0.1) is 11.3 Å². The lowest BCUT2D eigenvalue weighted by molar-refractivity contribution is -0.137. The van der Waals surface area contributed by atoms with Gasteiger partial charge in [-0.05, 0) is 37.2 Å². The average molecular weight is 334 g/mol. The summed E-state index contributed by atoms with van der Waals surface area (Å²) in [4.78, 5) is 23.6. The van der Waals surface area contributed by atoms with Crippen LogP contribution in [0.5, 0.6) is 0 Å². The summed E-state index contributed by atoms with van der Waals surface area (Å²) in [6, 6.07) is 2.23. The van der Waals surface area contributed by atoms with E-state index in [4.69, 9.17) is 5.11 Å². The van der Waals surface area contributed by atoms with Crippen molar-refractivity contribution in [2.24, 2.45) is 5.92 Å². The molecule has 0 saturated heterocycles. The quantitative estimate of drug-likeness (QED) is 0.795. The molecule has 0 bridgehead atoms. The van der Waals surface area contributed by atoms with Crippen molar-refractivity contribution < 1.29 is 14.7 Å². The van der Waals surface area contributed by atoms with E-state index in [1.807, 2.05) is 0 Å². The van der Waals surface area contributed by atoms with Gasteiger partial charge < -0.3 is 10.4 Å². The van der Waals surface area contributed by atoms with Crippen molar-refractivity contribution in [2.75, 3.05) is 5.32 Å². The molecule has 23 heavy (non-hydrogen) atoms. The van der Waals surface area contributed by atoms with Crippen LogP contribution < -0.4 is 5.32 Å². The highest BCUT2D eigenvalue weighted by Gasteiger charge is 2.26. The Hall–Kier alpha value is -1.87. The number of carbonyl (C=O) groups is 2. The molecule has 6 heteroatoms. The van der Waals surface area contributed by atoms with Crippen LogP contribution in [0.15, 0.2) is 0 Å². The Labute approximate surface area is 140 Å². The molecule has 5 nitrogen and oxygen atoms in total. The first kappa shape index (κ1) is 17.5. The van der Waals surface area contributed by atoms with Crippen molar-refractivity contribution in [1.82, 2.24) is 0 Å². The minimum Gasteiger partial charge on any atom is -0.481 e. The third-order valence-corrected chi connectivity index (χ3v) is 5.39. The van der Waals surface area contributed by atoms with E-state index in [0.29, 0.717) is 22.9 Å². The van der Waals surface area contributed by atoms with Crippen LogP contribution in [-0.4, -0.2) is 17.0 Å². The SMILES string of the molecule is CCCC1CCc2c(sc(NC(=O)CCCC(=O)O)c2C#N)C1. The molecule has 1 aliphatic carbocycles. The van der Waals surface area contributed by atoms with E-state index >= 15 is 0 Å². The molecular formula is C17H22N2O3S. The van der Waals surface area contributed by atoms with Gasteiger partial charge in [-0.3, -0.25) is 9.59 Å². The number of hydrogen-bond acceptors (Lipinski definition) is 4. The first-order valence-electron chi connectivity index (χ1n) is 8.11. The standard InChI is InChI=1S/C17H22N2O3S/c1-2-4-11-7-8-12-13(10-18)17(23-14(12)9-11)19-15(20)5-3-6-16(21)22/h11H,2-9H2,1H3,(H,19,20)(H,21,22). The van der Waals surface area contributed by atoms with E-state index in [2.05, 4.69) is 18.3 Å². The van der Waals surface area contributed by atoms with Crippen molar-refractivity contribution in [3.05, 3.63) is 16.0 Å². The number of fused-ring (bicyclic) bond motifs is 1. The number of nitrogens with zero attached hydrogens (tertiary/aromatic N) is 1. The molecule has 1 atom stereocenters. The predicted octanol–water partition coefficient (Wildman–Crippen LogP) is 3.72. The van der Waals surface area contributed by atoms with E-state index in [-0.39, 0.29) is 18.7 Å². The van der Waals surface area contributed by atoms with Crippen LogP contribution >= 0.6 is 11.3 Å². The number of aliphatic carboxylic acids is 1. The predicted molar refractivity (Wildman–Crippen MR) is 89.6 cm³/mol. The zero-order chi connectivity index (χ0) is 16.8. The molecule has 124 valence electrons. The third kappa shape index (κ3) is 4.55. The van der Waals surface area contributed by atoms with Gasteiger partial charge in [0.25, 0.3) is 0 Å². The minimum atomic E-state index is -0.899. The summed E-state index contributed by atoms with van der Waals surface area (Å²) < 4.78 is 0. The fourth-order valence-corrected chi connectivity index (χ4v) is 4.43. The monoisotopic (exact) mass is 334 g/mol. The van der Waals surface area contributed by atoms with E-state index in [1.165, 1.54) is 29.1 Å². The Morgan fingerprint density at radius 1 is 1.43 bits per heavy atom. The highest BCUT2D eigenvalue weighted by atomic mass is 32.1. The van der Waals surface area contributed by atoms with Crippen LogP contribution in [0, 0.1) is 17.2 Å². The lowest BCUT2D eigenvalue weighted by Gasteiger charge is -2.21. The van der Waals surface area contributed by atoms with Crippen LogP contribution in [-0.2, 0) is 22.4 Å². The summed E-state index contributed by atoms with van der Waals surface area (Å²) >= 11 is 1.51. The molecule has 1 unspecified atom stereocenters. The summed E-state index contributed by atoms with van der Waals surface area (Å²) in [6.07, 6.45) is 5.85. The number of carboxylic acids is 1. The molecule has 0 radical (unpaired) electrons. The fourth-order valence-electron chi connectivity index (χ4n) is 3.10. The number of hydrogen-bond donors (Lipinski definition) is 2. The molecule has 0 aromatic carbocycles. The van der Waals surface area contributed by atoms with Gasteiger partial charge in [0.15, 0.2) is 0 Å². The highest BCUT2D eigenvalue weighted by molar-refractivity contribution is 7.16. The normalized spacial score (nSPS) is 16.4. The first-order valence-corrected chi connectivity index (χ1v) is 8.93. The second-order valence-electron chi connectivity index (χ2n) is 6.01. The van der Waals surface area contributed by atoms with Crippen molar-refractivity contribution >= 4 is 28.2 Å². The van der Waals surface area contributed by atoms with Gasteiger partial charge in [0.2, 0.25) is 5.91 Å². The average Bonchev–Trinajstić information content (AvgIpc) is 2.83. The molecule has 1 amide bonds. The topological polar surface area (TPSA) is 90.2 Å². The molecule has 0 saturated carbocycles. The van der Waals surface area contributed by atoms with E-state index < -0.39 is 5.97 Å². The van der Waals surface area contributed by atoms with Crippen molar-refractivity contribution in [2.45, 2.75) is 58.3 Å². The van der Waals surface area contributed by atoms with Crippen LogP contribution in [0.4, 0.5) is 5.00 Å². The summed E-state index contributed by atoms with van der Waals surface area (Å²) in [5, 5.41) is 21.5. The Kier molecular flexibility index (Phi) is 6.17. The first-order chi connectivity index (χ1) is 11.0. The van der Waals surface area contributed by atoms with Gasteiger partial charge in [0, 0.05) is 17.7 Å². The van der Waals surface area contributed by atoms with Crippen LogP contribution in [0.1, 0.15) is 61.5 Å². The zero-order valence-corrected chi connectivity index (χ0v) is 14.2. The van der Waals surface area contributed by atoms with Crippen LogP contribution in [0.2, 0.25) is 0 Å². The molecule has 2 N–H and O–H groups in total. The number of amides is 1. The Morgan fingerprint density at radius 3 is 2.87 bits per heavy atom. The molecule has 2 rings (SSSR count). The maximum atomic E-state index is 11.9. The van der Waals surface area contributed by atoms with E-state index in [0.717, 1.165) is 24.8 Å². The Bertz CT molecular complexity index is 631. The van der Waals surface area contributed by atoms with Crippen molar-refractivity contribution in [3.8, 4) is 6.07 Å². The number of carboxylic acid groups (broad SMARTS) is 1. The molecule has 1 aliphatic rings. The number of nitrogens with one attached hydrogen (secondary N) is 1. The molecule has 0 spiro atoms. The molecule has 1 aromatic rings. The maximum absolute atomic E-state index is 11.9. The Morgan fingerprint density at radius 2 is 2.22 bits per heavy atom. The van der Waals surface area contributed by atoms with Crippen molar-refractivity contribution in [1.29, 1.82) is 5.26 Å². The number of nitriles is 1. The lowest BCUT2D eigenvalue weighted by atomic mass is 9.85. The number of thiophene rings is 1. The van der Waals surface area contributed by atoms with Gasteiger partial charge in [-0.2, -0.15) is 5.26 Å². The number of rotatable bonds is 7. The van der Waals surface area contributed by atoms with Gasteiger partial charge in [0.05, 0.1) is 5.56 Å². The second-order valence-corrected chi connectivity index (χ2v) is 7.12. The summed E-state index contributed by atoms with van der Waals surface area (Å²) in [7, 11) is 0.